The van der Waals surface area contributed by atoms with Crippen molar-refractivity contribution in [2.45, 2.75) is 13.3 Å². The minimum atomic E-state index is -0.373. The Bertz CT molecular complexity index is 1010. The second kappa shape index (κ2) is 10.2. The van der Waals surface area contributed by atoms with Crippen molar-refractivity contribution in [3.8, 4) is 28.8 Å². The molecule has 3 rings (SSSR count). The quantitative estimate of drug-likeness (QED) is 0.496. The Kier molecular flexibility index (Phi) is 7.21. The van der Waals surface area contributed by atoms with Gasteiger partial charge in [0.1, 0.15) is 0 Å². The number of ether oxygens (including phenoxy) is 4. The number of nitrogens with zero attached hydrogens (tertiary/aromatic N) is 2. The van der Waals surface area contributed by atoms with Gasteiger partial charge in [-0.3, -0.25) is 0 Å². The van der Waals surface area contributed by atoms with Crippen molar-refractivity contribution in [2.75, 3.05) is 27.4 Å². The molecule has 0 fully saturated rings. The SMILES string of the molecule is CCOC(=O)c1cccc(-c2nccc(OCCc3ccc(OC)c(OC)c3)n2)c1. The molecule has 0 saturated carbocycles. The highest BCUT2D eigenvalue weighted by molar-refractivity contribution is 5.90. The molecule has 30 heavy (non-hydrogen) atoms. The van der Waals surface area contributed by atoms with Crippen molar-refractivity contribution < 1.29 is 23.7 Å². The van der Waals surface area contributed by atoms with E-state index in [9.17, 15) is 4.79 Å². The molecule has 7 heteroatoms. The predicted octanol–water partition coefficient (Wildman–Crippen LogP) is 3.96. The highest BCUT2D eigenvalue weighted by Crippen LogP contribution is 2.27. The molecular weight excluding hydrogens is 384 g/mol. The third kappa shape index (κ3) is 5.26. The van der Waals surface area contributed by atoms with Crippen LogP contribution < -0.4 is 14.2 Å². The Hall–Kier alpha value is -3.61. The summed E-state index contributed by atoms with van der Waals surface area (Å²) < 4.78 is 21.4. The number of esters is 1. The number of hydrogen-bond acceptors (Lipinski definition) is 7. The van der Waals surface area contributed by atoms with Crippen LogP contribution in [0.3, 0.4) is 0 Å². The number of benzene rings is 2. The van der Waals surface area contributed by atoms with E-state index < -0.39 is 0 Å². The van der Waals surface area contributed by atoms with Crippen molar-refractivity contribution in [1.29, 1.82) is 0 Å². The Labute approximate surface area is 175 Å². The van der Waals surface area contributed by atoms with E-state index in [1.807, 2.05) is 24.3 Å². The Morgan fingerprint density at radius 1 is 1.00 bits per heavy atom. The molecule has 2 aromatic carbocycles. The van der Waals surface area contributed by atoms with Crippen LogP contribution in [0.4, 0.5) is 0 Å². The number of carbonyl (C=O) groups is 1. The first-order valence-corrected chi connectivity index (χ1v) is 9.59. The van der Waals surface area contributed by atoms with Crippen LogP contribution in [0.1, 0.15) is 22.8 Å². The first kappa shape index (κ1) is 21.1. The van der Waals surface area contributed by atoms with Gasteiger partial charge in [-0.05, 0) is 36.8 Å². The van der Waals surface area contributed by atoms with E-state index in [4.69, 9.17) is 18.9 Å². The van der Waals surface area contributed by atoms with E-state index >= 15 is 0 Å². The van der Waals surface area contributed by atoms with Gasteiger partial charge in [-0.1, -0.05) is 18.2 Å². The van der Waals surface area contributed by atoms with Crippen LogP contribution >= 0.6 is 0 Å². The molecule has 1 heterocycles. The summed E-state index contributed by atoms with van der Waals surface area (Å²) in [7, 11) is 3.22. The maximum atomic E-state index is 12.0. The van der Waals surface area contributed by atoms with Crippen LogP contribution in [-0.2, 0) is 11.2 Å². The molecule has 7 nitrogen and oxygen atoms in total. The smallest absolute Gasteiger partial charge is 0.338 e. The summed E-state index contributed by atoms with van der Waals surface area (Å²) in [5, 5.41) is 0. The second-order valence-corrected chi connectivity index (χ2v) is 6.31. The van der Waals surface area contributed by atoms with Crippen LogP contribution in [0.25, 0.3) is 11.4 Å². The summed E-state index contributed by atoms with van der Waals surface area (Å²) in [4.78, 5) is 20.7. The van der Waals surface area contributed by atoms with E-state index in [0.29, 0.717) is 54.0 Å². The molecule has 0 atom stereocenters. The lowest BCUT2D eigenvalue weighted by molar-refractivity contribution is 0.0526. The first-order valence-electron chi connectivity index (χ1n) is 9.59. The summed E-state index contributed by atoms with van der Waals surface area (Å²) in [6.45, 7) is 2.53. The molecule has 0 spiro atoms. The van der Waals surface area contributed by atoms with Gasteiger partial charge < -0.3 is 18.9 Å². The summed E-state index contributed by atoms with van der Waals surface area (Å²) in [6.07, 6.45) is 2.31. The average Bonchev–Trinajstić information content (AvgIpc) is 2.79. The zero-order valence-electron chi connectivity index (χ0n) is 17.3. The standard InChI is InChI=1S/C23H24N2O5/c1-4-29-23(26)18-7-5-6-17(15-18)22-24-12-10-21(25-22)30-13-11-16-8-9-19(27-2)20(14-16)28-3/h5-10,12,14-15H,4,11,13H2,1-3H3. The highest BCUT2D eigenvalue weighted by Gasteiger charge is 2.10. The van der Waals surface area contributed by atoms with Gasteiger partial charge in [-0.2, -0.15) is 4.98 Å². The minimum absolute atomic E-state index is 0.322. The predicted molar refractivity (Wildman–Crippen MR) is 112 cm³/mol. The fourth-order valence-corrected chi connectivity index (χ4v) is 2.87. The Balaban J connectivity index is 1.66. The number of carbonyl (C=O) groups excluding carboxylic acids is 1. The first-order chi connectivity index (χ1) is 14.6. The van der Waals surface area contributed by atoms with Crippen molar-refractivity contribution in [1.82, 2.24) is 9.97 Å². The van der Waals surface area contributed by atoms with Crippen molar-refractivity contribution in [3.63, 3.8) is 0 Å². The highest BCUT2D eigenvalue weighted by atomic mass is 16.5. The van der Waals surface area contributed by atoms with Gasteiger partial charge in [0.05, 0.1) is 33.0 Å². The van der Waals surface area contributed by atoms with Gasteiger partial charge in [-0.15, -0.1) is 0 Å². The fourth-order valence-electron chi connectivity index (χ4n) is 2.87. The Morgan fingerprint density at radius 2 is 1.83 bits per heavy atom. The third-order valence-corrected chi connectivity index (χ3v) is 4.35. The number of aromatic nitrogens is 2. The molecule has 0 aliphatic carbocycles. The lowest BCUT2D eigenvalue weighted by Crippen LogP contribution is -2.05. The normalized spacial score (nSPS) is 10.4. The molecule has 0 bridgehead atoms. The largest absolute Gasteiger partial charge is 0.493 e. The molecule has 1 aromatic heterocycles. The maximum Gasteiger partial charge on any atom is 0.338 e. The van der Waals surface area contributed by atoms with Gasteiger partial charge >= 0.3 is 5.97 Å². The number of hydrogen-bond donors (Lipinski definition) is 0. The summed E-state index contributed by atoms with van der Waals surface area (Å²) in [5.41, 5.74) is 2.23. The van der Waals surface area contributed by atoms with Crippen LogP contribution in [0, 0.1) is 0 Å². The molecule has 3 aromatic rings. The van der Waals surface area contributed by atoms with Gasteiger partial charge in [0.25, 0.3) is 0 Å². The topological polar surface area (TPSA) is 79.8 Å². The molecule has 0 unspecified atom stereocenters. The zero-order chi connectivity index (χ0) is 21.3. The molecule has 0 saturated heterocycles. The van der Waals surface area contributed by atoms with Crippen LogP contribution in [0.2, 0.25) is 0 Å². The van der Waals surface area contributed by atoms with E-state index in [2.05, 4.69) is 9.97 Å². The van der Waals surface area contributed by atoms with Crippen LogP contribution in [0.15, 0.2) is 54.7 Å². The molecule has 0 aliphatic rings. The average molecular weight is 408 g/mol. The summed E-state index contributed by atoms with van der Waals surface area (Å²) >= 11 is 0. The van der Waals surface area contributed by atoms with E-state index in [1.54, 1.807) is 51.6 Å². The van der Waals surface area contributed by atoms with Gasteiger partial charge in [0.2, 0.25) is 5.88 Å². The van der Waals surface area contributed by atoms with E-state index in [-0.39, 0.29) is 5.97 Å². The molecular formula is C23H24N2O5. The van der Waals surface area contributed by atoms with Crippen molar-refractivity contribution >= 4 is 5.97 Å². The van der Waals surface area contributed by atoms with Crippen molar-refractivity contribution in [3.05, 3.63) is 65.9 Å². The van der Waals surface area contributed by atoms with Crippen LogP contribution in [-0.4, -0.2) is 43.4 Å². The fraction of sp³-hybridized carbons (Fsp3) is 0.261. The number of methoxy groups -OCH3 is 2. The second-order valence-electron chi connectivity index (χ2n) is 6.31. The molecule has 0 amide bonds. The molecule has 0 aliphatic heterocycles. The number of rotatable bonds is 9. The van der Waals surface area contributed by atoms with Crippen molar-refractivity contribution in [2.24, 2.45) is 0 Å². The molecule has 156 valence electrons. The molecule has 0 radical (unpaired) electrons. The maximum absolute atomic E-state index is 12.0. The third-order valence-electron chi connectivity index (χ3n) is 4.35. The monoisotopic (exact) mass is 408 g/mol. The molecule has 0 N–H and O–H groups in total. The lowest BCUT2D eigenvalue weighted by atomic mass is 10.1. The van der Waals surface area contributed by atoms with Crippen LogP contribution in [0.5, 0.6) is 17.4 Å². The zero-order valence-corrected chi connectivity index (χ0v) is 17.3. The van der Waals surface area contributed by atoms with Gasteiger partial charge in [0.15, 0.2) is 17.3 Å². The van der Waals surface area contributed by atoms with Gasteiger partial charge in [-0.25, -0.2) is 9.78 Å². The van der Waals surface area contributed by atoms with E-state index in [1.165, 1.54) is 0 Å². The minimum Gasteiger partial charge on any atom is -0.493 e. The van der Waals surface area contributed by atoms with Gasteiger partial charge in [0, 0.05) is 24.2 Å². The lowest BCUT2D eigenvalue weighted by Gasteiger charge is -2.10. The summed E-state index contributed by atoms with van der Waals surface area (Å²) in [5.74, 6) is 1.93. The Morgan fingerprint density at radius 3 is 2.60 bits per heavy atom. The van der Waals surface area contributed by atoms with E-state index in [0.717, 1.165) is 5.56 Å². The summed E-state index contributed by atoms with van der Waals surface area (Å²) in [6, 6.07) is 14.5.